The summed E-state index contributed by atoms with van der Waals surface area (Å²) in [6.07, 6.45) is 3.50. The lowest BCUT2D eigenvalue weighted by Gasteiger charge is -2.34. The van der Waals surface area contributed by atoms with Crippen molar-refractivity contribution in [2.45, 2.75) is 51.5 Å². The fraction of sp³-hybridized carbons (Fsp3) is 0.846. The second-order valence-corrected chi connectivity index (χ2v) is 5.03. The van der Waals surface area contributed by atoms with Gasteiger partial charge in [-0.3, -0.25) is 4.79 Å². The molecule has 0 saturated carbocycles. The van der Waals surface area contributed by atoms with Crippen molar-refractivity contribution in [1.82, 2.24) is 5.32 Å². The van der Waals surface area contributed by atoms with Crippen LogP contribution in [-0.2, 0) is 14.3 Å². The number of amides is 1. The summed E-state index contributed by atoms with van der Waals surface area (Å²) >= 11 is 0. The van der Waals surface area contributed by atoms with Crippen LogP contribution in [0.4, 0.5) is 0 Å². The smallest absolute Gasteiger partial charge is 0.329 e. The van der Waals surface area contributed by atoms with Crippen molar-refractivity contribution in [2.24, 2.45) is 5.92 Å². The number of hydrogen-bond acceptors (Lipinski definition) is 3. The number of carbonyl (C=O) groups excluding carboxylic acids is 1. The van der Waals surface area contributed by atoms with E-state index >= 15 is 0 Å². The number of carboxylic acid groups (broad SMARTS) is 1. The van der Waals surface area contributed by atoms with Gasteiger partial charge in [0.15, 0.2) is 0 Å². The Morgan fingerprint density at radius 3 is 2.50 bits per heavy atom. The average molecular weight is 257 g/mol. The van der Waals surface area contributed by atoms with Crippen molar-refractivity contribution in [2.75, 3.05) is 13.2 Å². The monoisotopic (exact) mass is 257 g/mol. The lowest BCUT2D eigenvalue weighted by molar-refractivity contribution is -0.152. The minimum absolute atomic E-state index is 0.135. The Morgan fingerprint density at radius 1 is 1.39 bits per heavy atom. The van der Waals surface area contributed by atoms with E-state index in [1.54, 1.807) is 0 Å². The Hall–Kier alpha value is -1.10. The highest BCUT2D eigenvalue weighted by Crippen LogP contribution is 2.22. The first kappa shape index (κ1) is 15.0. The van der Waals surface area contributed by atoms with Crippen LogP contribution >= 0.6 is 0 Å². The second kappa shape index (κ2) is 6.73. The van der Waals surface area contributed by atoms with Crippen LogP contribution in [0.5, 0.6) is 0 Å². The predicted molar refractivity (Wildman–Crippen MR) is 67.3 cm³/mol. The molecule has 1 amide bonds. The largest absolute Gasteiger partial charge is 0.480 e. The highest BCUT2D eigenvalue weighted by atomic mass is 16.5. The SMILES string of the molecule is CCCCC(C)C(=O)NC1(C(=O)O)CCOCC1. The number of rotatable bonds is 6. The minimum atomic E-state index is -1.13. The maximum absolute atomic E-state index is 12.0. The zero-order chi connectivity index (χ0) is 13.6. The minimum Gasteiger partial charge on any atom is -0.480 e. The van der Waals surface area contributed by atoms with Gasteiger partial charge in [0, 0.05) is 32.0 Å². The lowest BCUT2D eigenvalue weighted by atomic mass is 9.89. The van der Waals surface area contributed by atoms with Gasteiger partial charge in [-0.2, -0.15) is 0 Å². The van der Waals surface area contributed by atoms with E-state index in [9.17, 15) is 14.7 Å². The Bertz CT molecular complexity index is 297. The molecule has 1 atom stereocenters. The highest BCUT2D eigenvalue weighted by Gasteiger charge is 2.42. The van der Waals surface area contributed by atoms with E-state index in [0.29, 0.717) is 26.1 Å². The number of unbranched alkanes of at least 4 members (excludes halogenated alkanes) is 1. The van der Waals surface area contributed by atoms with Gasteiger partial charge < -0.3 is 15.2 Å². The highest BCUT2D eigenvalue weighted by molar-refractivity contribution is 5.88. The Balaban J connectivity index is 2.60. The standard InChI is InChI=1S/C13H23NO4/c1-3-4-5-10(2)11(15)14-13(12(16)17)6-8-18-9-7-13/h10H,3-9H2,1-2H3,(H,14,15)(H,16,17). The summed E-state index contributed by atoms with van der Waals surface area (Å²) in [6.45, 7) is 4.69. The zero-order valence-corrected chi connectivity index (χ0v) is 11.2. The Labute approximate surface area is 108 Å². The van der Waals surface area contributed by atoms with Crippen molar-refractivity contribution in [3.05, 3.63) is 0 Å². The number of carboxylic acids is 1. The zero-order valence-electron chi connectivity index (χ0n) is 11.2. The fourth-order valence-corrected chi connectivity index (χ4v) is 2.11. The van der Waals surface area contributed by atoms with E-state index in [4.69, 9.17) is 4.74 Å². The predicted octanol–water partition coefficient (Wildman–Crippen LogP) is 1.56. The van der Waals surface area contributed by atoms with Gasteiger partial charge in [0.25, 0.3) is 0 Å². The van der Waals surface area contributed by atoms with Gasteiger partial charge in [0.05, 0.1) is 0 Å². The number of carbonyl (C=O) groups is 2. The van der Waals surface area contributed by atoms with Crippen molar-refractivity contribution < 1.29 is 19.4 Å². The molecule has 1 saturated heterocycles. The summed E-state index contributed by atoms with van der Waals surface area (Å²) < 4.78 is 5.17. The van der Waals surface area contributed by atoms with E-state index in [2.05, 4.69) is 12.2 Å². The van der Waals surface area contributed by atoms with E-state index in [-0.39, 0.29) is 11.8 Å². The maximum atomic E-state index is 12.0. The molecule has 0 aromatic rings. The van der Waals surface area contributed by atoms with Gasteiger partial charge in [0.2, 0.25) is 5.91 Å². The average Bonchev–Trinajstić information content (AvgIpc) is 2.36. The topological polar surface area (TPSA) is 75.6 Å². The van der Waals surface area contributed by atoms with Crippen molar-refractivity contribution >= 4 is 11.9 Å². The van der Waals surface area contributed by atoms with Crippen LogP contribution in [0, 0.1) is 5.92 Å². The van der Waals surface area contributed by atoms with Gasteiger partial charge in [-0.05, 0) is 6.42 Å². The molecule has 1 unspecified atom stereocenters. The third-order valence-electron chi connectivity index (χ3n) is 3.56. The summed E-state index contributed by atoms with van der Waals surface area (Å²) in [4.78, 5) is 23.4. The van der Waals surface area contributed by atoms with Gasteiger partial charge >= 0.3 is 5.97 Å². The molecule has 104 valence electrons. The molecule has 0 aromatic heterocycles. The molecule has 5 heteroatoms. The summed E-state index contributed by atoms with van der Waals surface area (Å²) in [5.74, 6) is -1.25. The van der Waals surface area contributed by atoms with Crippen molar-refractivity contribution in [1.29, 1.82) is 0 Å². The molecular weight excluding hydrogens is 234 g/mol. The third-order valence-corrected chi connectivity index (χ3v) is 3.56. The van der Waals surface area contributed by atoms with Crippen LogP contribution in [0.25, 0.3) is 0 Å². The third kappa shape index (κ3) is 3.70. The van der Waals surface area contributed by atoms with Crippen LogP contribution in [-0.4, -0.2) is 35.7 Å². The van der Waals surface area contributed by atoms with Gasteiger partial charge in [-0.15, -0.1) is 0 Å². The molecule has 0 spiro atoms. The van der Waals surface area contributed by atoms with Crippen molar-refractivity contribution in [3.8, 4) is 0 Å². The second-order valence-electron chi connectivity index (χ2n) is 5.03. The lowest BCUT2D eigenvalue weighted by Crippen LogP contribution is -2.58. The summed E-state index contributed by atoms with van der Waals surface area (Å²) in [5.41, 5.74) is -1.13. The van der Waals surface area contributed by atoms with Crippen LogP contribution in [0.1, 0.15) is 46.0 Å². The van der Waals surface area contributed by atoms with Crippen LogP contribution in [0.15, 0.2) is 0 Å². The normalized spacial score (nSPS) is 20.1. The molecule has 1 aliphatic rings. The molecule has 0 radical (unpaired) electrons. The number of nitrogens with one attached hydrogen (secondary N) is 1. The van der Waals surface area contributed by atoms with Crippen LogP contribution < -0.4 is 5.32 Å². The summed E-state index contributed by atoms with van der Waals surface area (Å²) in [7, 11) is 0. The molecular formula is C13H23NO4. The van der Waals surface area contributed by atoms with E-state index < -0.39 is 11.5 Å². The van der Waals surface area contributed by atoms with E-state index in [1.165, 1.54) is 0 Å². The molecule has 1 aliphatic heterocycles. The summed E-state index contributed by atoms with van der Waals surface area (Å²) in [6, 6.07) is 0. The van der Waals surface area contributed by atoms with Crippen molar-refractivity contribution in [3.63, 3.8) is 0 Å². The molecule has 1 heterocycles. The number of hydrogen-bond donors (Lipinski definition) is 2. The number of ether oxygens (including phenoxy) is 1. The van der Waals surface area contributed by atoms with E-state index in [1.807, 2.05) is 6.92 Å². The first-order valence-corrected chi connectivity index (χ1v) is 6.65. The van der Waals surface area contributed by atoms with E-state index in [0.717, 1.165) is 19.3 Å². The quantitative estimate of drug-likeness (QED) is 0.757. The number of aliphatic carboxylic acids is 1. The molecule has 0 bridgehead atoms. The Kier molecular flexibility index (Phi) is 5.59. The molecule has 5 nitrogen and oxygen atoms in total. The van der Waals surface area contributed by atoms with Gasteiger partial charge in [-0.25, -0.2) is 4.79 Å². The maximum Gasteiger partial charge on any atom is 0.329 e. The first-order chi connectivity index (χ1) is 8.52. The summed E-state index contributed by atoms with van der Waals surface area (Å²) in [5, 5.41) is 12.0. The molecule has 0 aliphatic carbocycles. The van der Waals surface area contributed by atoms with Crippen LogP contribution in [0.3, 0.4) is 0 Å². The Morgan fingerprint density at radius 2 is 2.00 bits per heavy atom. The molecule has 1 fully saturated rings. The molecule has 2 N–H and O–H groups in total. The van der Waals surface area contributed by atoms with Gasteiger partial charge in [-0.1, -0.05) is 26.7 Å². The first-order valence-electron chi connectivity index (χ1n) is 6.65. The van der Waals surface area contributed by atoms with Crippen LogP contribution in [0.2, 0.25) is 0 Å². The molecule has 18 heavy (non-hydrogen) atoms. The molecule has 0 aromatic carbocycles. The van der Waals surface area contributed by atoms with Gasteiger partial charge in [0.1, 0.15) is 5.54 Å². The fourth-order valence-electron chi connectivity index (χ4n) is 2.11. The molecule has 1 rings (SSSR count).